The lowest BCUT2D eigenvalue weighted by Crippen LogP contribution is -2.21. The Hall–Kier alpha value is -2.04. The smallest absolute Gasteiger partial charge is 0.119 e. The molecular weight excluding hydrogens is 340 g/mol. The van der Waals surface area contributed by atoms with Crippen molar-refractivity contribution in [3.05, 3.63) is 69.9 Å². The van der Waals surface area contributed by atoms with Crippen LogP contribution in [0.4, 0.5) is 0 Å². The molecule has 134 valence electrons. The van der Waals surface area contributed by atoms with Crippen LogP contribution in [-0.4, -0.2) is 11.2 Å². The molecule has 3 nitrogen and oxygen atoms in total. The molecular formula is C22H24N2OS. The van der Waals surface area contributed by atoms with Crippen LogP contribution in [0.1, 0.15) is 53.1 Å². The number of ether oxygens (including phenoxy) is 1. The van der Waals surface area contributed by atoms with Crippen LogP contribution < -0.4 is 10.1 Å². The van der Waals surface area contributed by atoms with Crippen molar-refractivity contribution in [3.63, 3.8) is 0 Å². The van der Waals surface area contributed by atoms with Crippen LogP contribution in [0.3, 0.4) is 0 Å². The summed E-state index contributed by atoms with van der Waals surface area (Å²) in [5.41, 5.74) is 5.76. The van der Waals surface area contributed by atoms with Gasteiger partial charge in [-0.05, 0) is 68.0 Å². The summed E-state index contributed by atoms with van der Waals surface area (Å²) in [5, 5.41) is 5.26. The standard InChI is InChI=1S/C22H24N2OS/c1-2-25-16-11-9-15(10-12-16)21-19-7-5-13-24(19)22-18(14-23-21)17-6-3-4-8-20(17)26-22/h5,7,9-13,21,23H,2-4,6,8,14H2,1H3/t21-/m1/s1. The van der Waals surface area contributed by atoms with Crippen molar-refractivity contribution >= 4 is 11.3 Å². The molecule has 0 fully saturated rings. The van der Waals surface area contributed by atoms with Gasteiger partial charge in [0.25, 0.3) is 0 Å². The highest BCUT2D eigenvalue weighted by atomic mass is 32.1. The number of benzene rings is 1. The molecule has 0 saturated carbocycles. The number of aryl methyl sites for hydroxylation is 1. The number of aromatic nitrogens is 1. The Kier molecular flexibility index (Phi) is 4.10. The molecule has 0 saturated heterocycles. The first-order valence-corrected chi connectivity index (χ1v) is 10.4. The highest BCUT2D eigenvalue weighted by molar-refractivity contribution is 7.15. The maximum absolute atomic E-state index is 5.60. The minimum Gasteiger partial charge on any atom is -0.494 e. The Bertz CT molecular complexity index is 922. The molecule has 2 aromatic heterocycles. The molecule has 4 heteroatoms. The van der Waals surface area contributed by atoms with E-state index in [4.69, 9.17) is 4.74 Å². The molecule has 0 radical (unpaired) electrons. The SMILES string of the molecule is CCOc1ccc([C@H]2NCc3c(sc4c3CCCC4)-n3cccc32)cc1. The van der Waals surface area contributed by atoms with E-state index < -0.39 is 0 Å². The zero-order chi connectivity index (χ0) is 17.5. The van der Waals surface area contributed by atoms with Crippen LogP contribution in [0.25, 0.3) is 5.00 Å². The van der Waals surface area contributed by atoms with Gasteiger partial charge in [0.05, 0.1) is 12.6 Å². The van der Waals surface area contributed by atoms with Crippen molar-refractivity contribution in [2.24, 2.45) is 0 Å². The van der Waals surface area contributed by atoms with E-state index in [2.05, 4.69) is 52.5 Å². The van der Waals surface area contributed by atoms with Gasteiger partial charge in [0.2, 0.25) is 0 Å². The number of hydrogen-bond donors (Lipinski definition) is 1. The van der Waals surface area contributed by atoms with Crippen molar-refractivity contribution < 1.29 is 4.74 Å². The third-order valence-electron chi connectivity index (χ3n) is 5.56. The molecule has 1 aromatic carbocycles. The van der Waals surface area contributed by atoms with Crippen LogP contribution in [0.2, 0.25) is 0 Å². The summed E-state index contributed by atoms with van der Waals surface area (Å²) in [7, 11) is 0. The van der Waals surface area contributed by atoms with Gasteiger partial charge >= 0.3 is 0 Å². The largest absolute Gasteiger partial charge is 0.494 e. The second-order valence-corrected chi connectivity index (χ2v) is 8.20. The average molecular weight is 365 g/mol. The van der Waals surface area contributed by atoms with Crippen LogP contribution >= 0.6 is 11.3 Å². The van der Waals surface area contributed by atoms with Gasteiger partial charge in [-0.25, -0.2) is 0 Å². The van der Waals surface area contributed by atoms with Gasteiger partial charge in [-0.15, -0.1) is 11.3 Å². The van der Waals surface area contributed by atoms with Crippen LogP contribution in [-0.2, 0) is 19.4 Å². The summed E-state index contributed by atoms with van der Waals surface area (Å²) in [5.74, 6) is 0.938. The average Bonchev–Trinajstić information content (AvgIpc) is 3.25. The number of nitrogens with zero attached hydrogens (tertiary/aromatic N) is 1. The normalized spacial score (nSPS) is 18.6. The molecule has 1 aliphatic carbocycles. The van der Waals surface area contributed by atoms with Crippen molar-refractivity contribution in [2.45, 2.75) is 45.2 Å². The predicted molar refractivity (Wildman–Crippen MR) is 107 cm³/mol. The van der Waals surface area contributed by atoms with Gasteiger partial charge in [0.1, 0.15) is 10.8 Å². The van der Waals surface area contributed by atoms with Crippen LogP contribution in [0.15, 0.2) is 42.6 Å². The molecule has 0 amide bonds. The first-order valence-electron chi connectivity index (χ1n) is 9.62. The van der Waals surface area contributed by atoms with E-state index >= 15 is 0 Å². The van der Waals surface area contributed by atoms with Crippen molar-refractivity contribution in [1.82, 2.24) is 9.88 Å². The van der Waals surface area contributed by atoms with E-state index in [1.165, 1.54) is 47.5 Å². The zero-order valence-electron chi connectivity index (χ0n) is 15.1. The predicted octanol–water partition coefficient (Wildman–Crippen LogP) is 5.01. The fourth-order valence-corrected chi connectivity index (χ4v) is 5.74. The fourth-order valence-electron chi connectivity index (χ4n) is 4.33. The molecule has 0 unspecified atom stereocenters. The molecule has 5 rings (SSSR count). The lowest BCUT2D eigenvalue weighted by molar-refractivity contribution is 0.340. The summed E-state index contributed by atoms with van der Waals surface area (Å²) in [6.07, 6.45) is 7.40. The quantitative estimate of drug-likeness (QED) is 0.707. The molecule has 0 spiro atoms. The lowest BCUT2D eigenvalue weighted by Gasteiger charge is -2.19. The minimum atomic E-state index is 0.208. The number of thiophene rings is 1. The van der Waals surface area contributed by atoms with Crippen LogP contribution in [0, 0.1) is 0 Å². The maximum atomic E-state index is 5.60. The van der Waals surface area contributed by atoms with E-state index in [-0.39, 0.29) is 6.04 Å². The molecule has 3 heterocycles. The Morgan fingerprint density at radius 3 is 2.81 bits per heavy atom. The third kappa shape index (κ3) is 2.60. The van der Waals surface area contributed by atoms with Gasteiger partial charge in [-0.3, -0.25) is 0 Å². The number of fused-ring (bicyclic) bond motifs is 5. The summed E-state index contributed by atoms with van der Waals surface area (Å²) in [4.78, 5) is 1.61. The second-order valence-electron chi connectivity index (χ2n) is 7.11. The van der Waals surface area contributed by atoms with E-state index in [1.54, 1.807) is 10.4 Å². The number of hydrogen-bond acceptors (Lipinski definition) is 3. The van der Waals surface area contributed by atoms with E-state index in [9.17, 15) is 0 Å². The second kappa shape index (κ2) is 6.60. The summed E-state index contributed by atoms with van der Waals surface area (Å²) in [6, 6.07) is 13.2. The Morgan fingerprint density at radius 2 is 1.96 bits per heavy atom. The van der Waals surface area contributed by atoms with Gasteiger partial charge in [-0.2, -0.15) is 0 Å². The van der Waals surface area contributed by atoms with E-state index in [0.717, 1.165) is 12.3 Å². The monoisotopic (exact) mass is 364 g/mol. The number of nitrogens with one attached hydrogen (secondary N) is 1. The van der Waals surface area contributed by atoms with Crippen molar-refractivity contribution in [2.75, 3.05) is 6.61 Å². The van der Waals surface area contributed by atoms with Gasteiger partial charge in [0, 0.05) is 28.9 Å². The molecule has 0 bridgehead atoms. The summed E-state index contributed by atoms with van der Waals surface area (Å²) < 4.78 is 8.02. The first kappa shape index (κ1) is 16.2. The Morgan fingerprint density at radius 1 is 1.12 bits per heavy atom. The Labute approximate surface area is 158 Å². The molecule has 2 aliphatic rings. The van der Waals surface area contributed by atoms with Gasteiger partial charge in [-0.1, -0.05) is 12.1 Å². The van der Waals surface area contributed by atoms with E-state index in [1.807, 2.05) is 18.3 Å². The number of rotatable bonds is 3. The van der Waals surface area contributed by atoms with Crippen molar-refractivity contribution in [1.29, 1.82) is 0 Å². The van der Waals surface area contributed by atoms with E-state index in [0.29, 0.717) is 6.61 Å². The third-order valence-corrected chi connectivity index (χ3v) is 6.90. The topological polar surface area (TPSA) is 26.2 Å². The summed E-state index contributed by atoms with van der Waals surface area (Å²) >= 11 is 2.01. The maximum Gasteiger partial charge on any atom is 0.119 e. The highest BCUT2D eigenvalue weighted by Gasteiger charge is 2.28. The van der Waals surface area contributed by atoms with Gasteiger partial charge in [0.15, 0.2) is 0 Å². The molecule has 26 heavy (non-hydrogen) atoms. The van der Waals surface area contributed by atoms with Crippen molar-refractivity contribution in [3.8, 4) is 10.8 Å². The lowest BCUT2D eigenvalue weighted by atomic mass is 9.95. The molecule has 1 atom stereocenters. The summed E-state index contributed by atoms with van der Waals surface area (Å²) in [6.45, 7) is 3.67. The molecule has 1 N–H and O–H groups in total. The highest BCUT2D eigenvalue weighted by Crippen LogP contribution is 2.40. The minimum absolute atomic E-state index is 0.208. The fraction of sp³-hybridized carbons (Fsp3) is 0.364. The van der Waals surface area contributed by atoms with Gasteiger partial charge < -0.3 is 14.6 Å². The van der Waals surface area contributed by atoms with Crippen LogP contribution in [0.5, 0.6) is 5.75 Å². The Balaban J connectivity index is 1.55. The molecule has 3 aromatic rings. The molecule has 1 aliphatic heterocycles. The zero-order valence-corrected chi connectivity index (χ0v) is 15.9. The first-order chi connectivity index (χ1) is 12.8.